The number of thiazole rings is 1. The minimum absolute atomic E-state index is 0.0551. The molecular formula is C11H11NO2S. The third-order valence-electron chi connectivity index (χ3n) is 2.07. The van der Waals surface area contributed by atoms with E-state index in [2.05, 4.69) is 4.98 Å². The molecule has 15 heavy (non-hydrogen) atoms. The van der Waals surface area contributed by atoms with Crippen LogP contribution in [-0.4, -0.2) is 10.8 Å². The molecule has 0 N–H and O–H groups in total. The molecule has 0 radical (unpaired) electrons. The predicted molar refractivity (Wildman–Crippen MR) is 59.3 cm³/mol. The van der Waals surface area contributed by atoms with Gasteiger partial charge in [-0.05, 0) is 26.0 Å². The molecule has 0 amide bonds. The van der Waals surface area contributed by atoms with Gasteiger partial charge in [-0.25, -0.2) is 4.98 Å². The van der Waals surface area contributed by atoms with Crippen LogP contribution in [0.2, 0.25) is 0 Å². The van der Waals surface area contributed by atoms with Gasteiger partial charge in [-0.3, -0.25) is 4.79 Å². The van der Waals surface area contributed by atoms with E-state index in [9.17, 15) is 4.79 Å². The number of hydrogen-bond acceptors (Lipinski definition) is 4. The lowest BCUT2D eigenvalue weighted by Gasteiger charge is -1.87. The molecule has 2 heterocycles. The van der Waals surface area contributed by atoms with Crippen LogP contribution in [0.5, 0.6) is 0 Å². The molecule has 4 heteroatoms. The number of aromatic nitrogens is 1. The van der Waals surface area contributed by atoms with E-state index in [0.717, 1.165) is 22.2 Å². The summed E-state index contributed by atoms with van der Waals surface area (Å²) >= 11 is 1.38. The second-order valence-electron chi connectivity index (χ2n) is 3.40. The van der Waals surface area contributed by atoms with Gasteiger partial charge in [0.1, 0.15) is 5.76 Å². The largest absolute Gasteiger partial charge is 0.459 e. The fourth-order valence-electron chi connectivity index (χ4n) is 1.38. The Kier molecular flexibility index (Phi) is 2.44. The van der Waals surface area contributed by atoms with E-state index in [-0.39, 0.29) is 5.78 Å². The van der Waals surface area contributed by atoms with Gasteiger partial charge in [-0.15, -0.1) is 11.3 Å². The van der Waals surface area contributed by atoms with Gasteiger partial charge in [0.05, 0.1) is 10.6 Å². The standard InChI is InChI=1S/C11H11NO2S/c1-6-4-5-9(14-6)11-12-7(2)10(15-11)8(3)13/h4-5H,1-3H3. The lowest BCUT2D eigenvalue weighted by molar-refractivity contribution is 0.102. The van der Waals surface area contributed by atoms with Crippen molar-refractivity contribution in [3.8, 4) is 10.8 Å². The van der Waals surface area contributed by atoms with Gasteiger partial charge in [-0.1, -0.05) is 0 Å². The van der Waals surface area contributed by atoms with Crippen LogP contribution in [0.4, 0.5) is 0 Å². The second-order valence-corrected chi connectivity index (χ2v) is 4.40. The normalized spacial score (nSPS) is 10.6. The molecule has 2 aromatic rings. The van der Waals surface area contributed by atoms with Crippen molar-refractivity contribution in [2.24, 2.45) is 0 Å². The van der Waals surface area contributed by atoms with Crippen LogP contribution in [0.3, 0.4) is 0 Å². The van der Waals surface area contributed by atoms with Crippen molar-refractivity contribution >= 4 is 17.1 Å². The summed E-state index contributed by atoms with van der Waals surface area (Å²) in [5, 5.41) is 0.769. The van der Waals surface area contributed by atoms with E-state index in [1.807, 2.05) is 26.0 Å². The summed E-state index contributed by atoms with van der Waals surface area (Å²) < 4.78 is 5.45. The summed E-state index contributed by atoms with van der Waals surface area (Å²) in [6.07, 6.45) is 0. The van der Waals surface area contributed by atoms with E-state index in [1.165, 1.54) is 11.3 Å². The quantitative estimate of drug-likeness (QED) is 0.731. The summed E-state index contributed by atoms with van der Waals surface area (Å²) in [5.41, 5.74) is 0.775. The van der Waals surface area contributed by atoms with Gasteiger partial charge >= 0.3 is 0 Å². The Bertz CT molecular complexity index is 510. The molecular weight excluding hydrogens is 210 g/mol. The fourth-order valence-corrected chi connectivity index (χ4v) is 2.30. The molecule has 0 fully saturated rings. The lowest BCUT2D eigenvalue weighted by Crippen LogP contribution is -1.89. The highest BCUT2D eigenvalue weighted by atomic mass is 32.1. The number of hydrogen-bond donors (Lipinski definition) is 0. The Hall–Kier alpha value is -1.42. The Morgan fingerprint density at radius 3 is 2.60 bits per heavy atom. The first kappa shape index (κ1) is 10.1. The number of furan rings is 1. The first-order valence-electron chi connectivity index (χ1n) is 4.63. The van der Waals surface area contributed by atoms with Crippen molar-refractivity contribution in [2.75, 3.05) is 0 Å². The highest BCUT2D eigenvalue weighted by molar-refractivity contribution is 7.17. The van der Waals surface area contributed by atoms with E-state index in [0.29, 0.717) is 4.88 Å². The van der Waals surface area contributed by atoms with Crippen LogP contribution < -0.4 is 0 Å². The van der Waals surface area contributed by atoms with Gasteiger partial charge in [0.25, 0.3) is 0 Å². The lowest BCUT2D eigenvalue weighted by atomic mass is 10.3. The number of nitrogens with zero attached hydrogens (tertiary/aromatic N) is 1. The van der Waals surface area contributed by atoms with Crippen LogP contribution >= 0.6 is 11.3 Å². The molecule has 2 rings (SSSR count). The summed E-state index contributed by atoms with van der Waals surface area (Å²) in [5.74, 6) is 1.63. The average molecular weight is 221 g/mol. The van der Waals surface area contributed by atoms with E-state index in [4.69, 9.17) is 4.42 Å². The van der Waals surface area contributed by atoms with Crippen molar-refractivity contribution in [3.63, 3.8) is 0 Å². The molecule has 0 bridgehead atoms. The number of ketones is 1. The molecule has 0 aromatic carbocycles. The smallest absolute Gasteiger partial charge is 0.171 e. The molecule has 0 atom stereocenters. The minimum Gasteiger partial charge on any atom is -0.459 e. The predicted octanol–water partition coefficient (Wildman–Crippen LogP) is 3.22. The van der Waals surface area contributed by atoms with E-state index >= 15 is 0 Å². The second kappa shape index (κ2) is 3.62. The van der Waals surface area contributed by atoms with Crippen LogP contribution in [-0.2, 0) is 0 Å². The third kappa shape index (κ3) is 1.85. The Morgan fingerprint density at radius 1 is 1.40 bits per heavy atom. The molecule has 2 aromatic heterocycles. The van der Waals surface area contributed by atoms with Gasteiger partial charge < -0.3 is 4.42 Å². The Labute approximate surface area is 91.8 Å². The zero-order valence-electron chi connectivity index (χ0n) is 8.83. The zero-order chi connectivity index (χ0) is 11.0. The summed E-state index contributed by atoms with van der Waals surface area (Å²) in [4.78, 5) is 16.3. The minimum atomic E-state index is 0.0551. The monoisotopic (exact) mass is 221 g/mol. The van der Waals surface area contributed by atoms with Crippen molar-refractivity contribution < 1.29 is 9.21 Å². The summed E-state index contributed by atoms with van der Waals surface area (Å²) in [7, 11) is 0. The van der Waals surface area contributed by atoms with Crippen molar-refractivity contribution in [1.82, 2.24) is 4.98 Å². The molecule has 78 valence electrons. The molecule has 0 aliphatic heterocycles. The van der Waals surface area contributed by atoms with Crippen molar-refractivity contribution in [2.45, 2.75) is 20.8 Å². The van der Waals surface area contributed by atoms with Crippen molar-refractivity contribution in [1.29, 1.82) is 0 Å². The highest BCUT2D eigenvalue weighted by Crippen LogP contribution is 2.29. The first-order valence-corrected chi connectivity index (χ1v) is 5.45. The highest BCUT2D eigenvalue weighted by Gasteiger charge is 2.14. The Balaban J connectivity index is 2.46. The molecule has 0 saturated carbocycles. The van der Waals surface area contributed by atoms with Gasteiger partial charge in [0, 0.05) is 6.92 Å². The SMILES string of the molecule is CC(=O)c1sc(-c2ccc(C)o2)nc1C. The maximum Gasteiger partial charge on any atom is 0.171 e. The third-order valence-corrected chi connectivity index (χ3v) is 3.34. The molecule has 0 unspecified atom stereocenters. The number of carbonyl (C=O) groups excluding carboxylic acids is 1. The maximum absolute atomic E-state index is 11.3. The molecule has 3 nitrogen and oxygen atoms in total. The fraction of sp³-hybridized carbons (Fsp3) is 0.273. The van der Waals surface area contributed by atoms with Crippen LogP contribution in [0.1, 0.15) is 28.0 Å². The molecule has 0 aliphatic rings. The Morgan fingerprint density at radius 2 is 2.13 bits per heavy atom. The first-order chi connectivity index (χ1) is 7.08. The zero-order valence-corrected chi connectivity index (χ0v) is 9.64. The van der Waals surface area contributed by atoms with Crippen molar-refractivity contribution in [3.05, 3.63) is 28.5 Å². The molecule has 0 saturated heterocycles. The van der Waals surface area contributed by atoms with Gasteiger partial charge in [0.2, 0.25) is 0 Å². The maximum atomic E-state index is 11.3. The van der Waals surface area contributed by atoms with Crippen LogP contribution in [0.25, 0.3) is 10.8 Å². The number of aryl methyl sites for hydroxylation is 2. The molecule has 0 spiro atoms. The number of Topliss-reactive ketones (excluding diaryl/α,β-unsaturated/α-hetero) is 1. The van der Waals surface area contributed by atoms with Crippen LogP contribution in [0.15, 0.2) is 16.5 Å². The summed E-state index contributed by atoms with van der Waals surface area (Å²) in [6, 6.07) is 3.76. The molecule has 0 aliphatic carbocycles. The number of carbonyl (C=O) groups is 1. The van der Waals surface area contributed by atoms with Crippen LogP contribution in [0, 0.1) is 13.8 Å². The van der Waals surface area contributed by atoms with Gasteiger partial charge in [-0.2, -0.15) is 0 Å². The average Bonchev–Trinajstić information content (AvgIpc) is 2.71. The van der Waals surface area contributed by atoms with Gasteiger partial charge in [0.15, 0.2) is 16.6 Å². The number of rotatable bonds is 2. The topological polar surface area (TPSA) is 43.1 Å². The summed E-state index contributed by atoms with van der Waals surface area (Å²) in [6.45, 7) is 5.28. The van der Waals surface area contributed by atoms with E-state index in [1.54, 1.807) is 6.92 Å². The van der Waals surface area contributed by atoms with E-state index < -0.39 is 0 Å².